The van der Waals surface area contributed by atoms with E-state index in [9.17, 15) is 4.39 Å². The first kappa shape index (κ1) is 12.1. The minimum Gasteiger partial charge on any atom is -0.318 e. The average molecular weight is 250 g/mol. The maximum absolute atomic E-state index is 12.9. The molecule has 1 nitrogen and oxygen atoms in total. The smallest absolute Gasteiger partial charge is 0.123 e. The Bertz CT molecular complexity index is 455. The Morgan fingerprint density at radius 2 is 1.35 bits per heavy atom. The lowest BCUT2D eigenvalue weighted by atomic mass is 9.86. The lowest BCUT2D eigenvalue weighted by molar-refractivity contribution is 0.593. The van der Waals surface area contributed by atoms with Gasteiger partial charge in [0.2, 0.25) is 0 Å². The van der Waals surface area contributed by atoms with Crippen LogP contribution in [0.4, 0.5) is 4.39 Å². The van der Waals surface area contributed by atoms with Gasteiger partial charge in [-0.3, -0.25) is 0 Å². The average Bonchev–Trinajstić information content (AvgIpc) is 2.30. The number of halogens is 2. The molecule has 2 aromatic carbocycles. The van der Waals surface area contributed by atoms with Crippen molar-refractivity contribution < 1.29 is 4.39 Å². The fourth-order valence-corrected chi connectivity index (χ4v) is 1.88. The van der Waals surface area contributed by atoms with Gasteiger partial charge in [0.25, 0.3) is 0 Å². The number of rotatable bonds is 2. The van der Waals surface area contributed by atoms with Gasteiger partial charge in [0.1, 0.15) is 5.82 Å². The summed E-state index contributed by atoms with van der Waals surface area (Å²) in [4.78, 5) is 0. The van der Waals surface area contributed by atoms with Crippen LogP contribution in [0.1, 0.15) is 18.1 Å². The molecule has 1 unspecified atom stereocenters. The summed E-state index contributed by atoms with van der Waals surface area (Å²) in [7, 11) is 0. The van der Waals surface area contributed by atoms with E-state index in [1.807, 2.05) is 19.1 Å². The van der Waals surface area contributed by atoms with E-state index in [0.29, 0.717) is 5.02 Å². The predicted molar refractivity (Wildman–Crippen MR) is 68.5 cm³/mol. The minimum absolute atomic E-state index is 0.263. The van der Waals surface area contributed by atoms with E-state index >= 15 is 0 Å². The molecule has 2 aromatic rings. The van der Waals surface area contributed by atoms with Gasteiger partial charge in [0, 0.05) is 5.02 Å². The third-order valence-corrected chi connectivity index (χ3v) is 3.14. The molecule has 88 valence electrons. The molecule has 0 heterocycles. The van der Waals surface area contributed by atoms with Crippen molar-refractivity contribution in [3.8, 4) is 0 Å². The molecule has 0 radical (unpaired) electrons. The summed E-state index contributed by atoms with van der Waals surface area (Å²) in [6.45, 7) is 1.89. The Morgan fingerprint density at radius 1 is 0.941 bits per heavy atom. The van der Waals surface area contributed by atoms with Crippen LogP contribution in [-0.4, -0.2) is 0 Å². The summed E-state index contributed by atoms with van der Waals surface area (Å²) in [5, 5.41) is 0.670. The Morgan fingerprint density at radius 3 is 1.82 bits per heavy atom. The van der Waals surface area contributed by atoms with E-state index in [2.05, 4.69) is 0 Å². The van der Waals surface area contributed by atoms with Gasteiger partial charge in [-0.2, -0.15) is 0 Å². The van der Waals surface area contributed by atoms with Crippen LogP contribution < -0.4 is 5.73 Å². The monoisotopic (exact) mass is 249 g/mol. The summed E-state index contributed by atoms with van der Waals surface area (Å²) < 4.78 is 12.9. The van der Waals surface area contributed by atoms with Gasteiger partial charge in [-0.25, -0.2) is 4.39 Å². The third-order valence-electron chi connectivity index (χ3n) is 2.89. The molecular formula is C14H13ClFN. The molecule has 0 saturated heterocycles. The maximum Gasteiger partial charge on any atom is 0.123 e. The highest BCUT2D eigenvalue weighted by molar-refractivity contribution is 6.30. The van der Waals surface area contributed by atoms with Crippen LogP contribution in [0.25, 0.3) is 0 Å². The normalized spacial score (nSPS) is 14.4. The van der Waals surface area contributed by atoms with Crippen molar-refractivity contribution in [3.05, 3.63) is 70.5 Å². The van der Waals surface area contributed by atoms with Crippen molar-refractivity contribution in [3.63, 3.8) is 0 Å². The second kappa shape index (κ2) is 4.47. The van der Waals surface area contributed by atoms with Crippen LogP contribution in [0.5, 0.6) is 0 Å². The SMILES string of the molecule is CC(N)(c1ccc(F)cc1)c1ccc(Cl)cc1. The summed E-state index contributed by atoms with van der Waals surface area (Å²) in [6, 6.07) is 13.6. The molecular weight excluding hydrogens is 237 g/mol. The van der Waals surface area contributed by atoms with Crippen molar-refractivity contribution in [2.75, 3.05) is 0 Å². The standard InChI is InChI=1S/C14H13ClFN/c1-14(17,10-2-6-12(15)7-3-10)11-4-8-13(16)9-5-11/h2-9H,17H2,1H3. The van der Waals surface area contributed by atoms with Gasteiger partial charge in [-0.15, -0.1) is 0 Å². The van der Waals surface area contributed by atoms with E-state index in [4.69, 9.17) is 17.3 Å². The zero-order valence-corrected chi connectivity index (χ0v) is 10.2. The summed E-state index contributed by atoms with van der Waals surface area (Å²) in [5.74, 6) is -0.263. The minimum atomic E-state index is -0.654. The van der Waals surface area contributed by atoms with Gasteiger partial charge in [-0.1, -0.05) is 35.9 Å². The molecule has 17 heavy (non-hydrogen) atoms. The molecule has 0 fully saturated rings. The first-order valence-electron chi connectivity index (χ1n) is 5.31. The Hall–Kier alpha value is -1.38. The molecule has 0 aliphatic rings. The summed E-state index contributed by atoms with van der Waals surface area (Å²) in [5.41, 5.74) is 7.44. The van der Waals surface area contributed by atoms with Gasteiger partial charge in [-0.05, 0) is 42.3 Å². The molecule has 0 aliphatic heterocycles. The van der Waals surface area contributed by atoms with Crippen LogP contribution in [0.3, 0.4) is 0 Å². The second-order valence-corrected chi connectivity index (χ2v) is 4.65. The molecule has 0 aliphatic carbocycles. The van der Waals surface area contributed by atoms with Gasteiger partial charge < -0.3 is 5.73 Å². The first-order chi connectivity index (χ1) is 8.00. The zero-order valence-electron chi connectivity index (χ0n) is 9.45. The van der Waals surface area contributed by atoms with Crippen LogP contribution in [0.15, 0.2) is 48.5 Å². The highest BCUT2D eigenvalue weighted by Gasteiger charge is 2.23. The molecule has 2 N–H and O–H groups in total. The Balaban J connectivity index is 2.41. The van der Waals surface area contributed by atoms with E-state index in [1.165, 1.54) is 12.1 Å². The summed E-state index contributed by atoms with van der Waals surface area (Å²) in [6.07, 6.45) is 0. The van der Waals surface area contributed by atoms with E-state index in [0.717, 1.165) is 11.1 Å². The molecule has 1 atom stereocenters. The van der Waals surface area contributed by atoms with Crippen LogP contribution in [-0.2, 0) is 5.54 Å². The fourth-order valence-electron chi connectivity index (χ4n) is 1.76. The lowest BCUT2D eigenvalue weighted by Crippen LogP contribution is -2.34. The van der Waals surface area contributed by atoms with Crippen molar-refractivity contribution in [1.29, 1.82) is 0 Å². The van der Waals surface area contributed by atoms with Gasteiger partial charge in [0.15, 0.2) is 0 Å². The first-order valence-corrected chi connectivity index (χ1v) is 5.69. The number of hydrogen-bond acceptors (Lipinski definition) is 1. The van der Waals surface area contributed by atoms with E-state index in [1.54, 1.807) is 24.3 Å². The second-order valence-electron chi connectivity index (χ2n) is 4.22. The molecule has 3 heteroatoms. The quantitative estimate of drug-likeness (QED) is 0.863. The zero-order chi connectivity index (χ0) is 12.5. The molecule has 0 spiro atoms. The van der Waals surface area contributed by atoms with Crippen molar-refractivity contribution in [2.45, 2.75) is 12.5 Å². The highest BCUT2D eigenvalue weighted by Crippen LogP contribution is 2.27. The third kappa shape index (κ3) is 2.48. The Kier molecular flexibility index (Phi) is 3.18. The van der Waals surface area contributed by atoms with Crippen molar-refractivity contribution in [1.82, 2.24) is 0 Å². The summed E-state index contributed by atoms with van der Waals surface area (Å²) >= 11 is 5.84. The van der Waals surface area contributed by atoms with Crippen LogP contribution >= 0.6 is 11.6 Å². The molecule has 2 rings (SSSR count). The molecule has 0 aromatic heterocycles. The Labute approximate surface area is 105 Å². The van der Waals surface area contributed by atoms with E-state index in [-0.39, 0.29) is 5.82 Å². The van der Waals surface area contributed by atoms with E-state index < -0.39 is 5.54 Å². The van der Waals surface area contributed by atoms with Crippen LogP contribution in [0, 0.1) is 5.82 Å². The lowest BCUT2D eigenvalue weighted by Gasteiger charge is -2.26. The molecule has 0 saturated carbocycles. The molecule has 0 amide bonds. The van der Waals surface area contributed by atoms with Crippen molar-refractivity contribution in [2.24, 2.45) is 5.73 Å². The largest absolute Gasteiger partial charge is 0.318 e. The maximum atomic E-state index is 12.9. The fraction of sp³-hybridized carbons (Fsp3) is 0.143. The highest BCUT2D eigenvalue weighted by atomic mass is 35.5. The predicted octanol–water partition coefficient (Wildman–Crippen LogP) is 3.70. The van der Waals surface area contributed by atoms with Crippen LogP contribution in [0.2, 0.25) is 5.02 Å². The van der Waals surface area contributed by atoms with Gasteiger partial charge in [0.05, 0.1) is 5.54 Å². The molecule has 0 bridgehead atoms. The number of hydrogen-bond donors (Lipinski definition) is 1. The van der Waals surface area contributed by atoms with Crippen molar-refractivity contribution >= 4 is 11.6 Å². The topological polar surface area (TPSA) is 26.0 Å². The number of benzene rings is 2. The van der Waals surface area contributed by atoms with Gasteiger partial charge >= 0.3 is 0 Å². The number of nitrogens with two attached hydrogens (primary N) is 1.